The van der Waals surface area contributed by atoms with Gasteiger partial charge in [-0.15, -0.1) is 0 Å². The first-order chi connectivity index (χ1) is 10.5. The second-order valence-electron chi connectivity index (χ2n) is 5.29. The molecule has 114 valence electrons. The Bertz CT molecular complexity index is 728. The van der Waals surface area contributed by atoms with Gasteiger partial charge in [0, 0.05) is 20.0 Å². The second-order valence-corrected chi connectivity index (χ2v) is 5.70. The number of hydrogen-bond donors (Lipinski definition) is 1. The van der Waals surface area contributed by atoms with E-state index in [1.54, 1.807) is 35.1 Å². The molecule has 1 aliphatic heterocycles. The van der Waals surface area contributed by atoms with Crippen LogP contribution in [0.2, 0.25) is 5.02 Å². The average molecular weight is 319 g/mol. The zero-order valence-corrected chi connectivity index (χ0v) is 12.7. The van der Waals surface area contributed by atoms with E-state index in [1.807, 2.05) is 18.2 Å². The second kappa shape index (κ2) is 5.81. The number of hydrogen-bond acceptors (Lipinski definition) is 3. The smallest absolute Gasteiger partial charge is 0.229 e. The van der Waals surface area contributed by atoms with Crippen LogP contribution in [0.3, 0.4) is 0 Å². The lowest BCUT2D eigenvalue weighted by Crippen LogP contribution is -2.25. The van der Waals surface area contributed by atoms with Crippen LogP contribution < -0.4 is 5.32 Å². The molecule has 3 rings (SSSR count). The summed E-state index contributed by atoms with van der Waals surface area (Å²) < 4.78 is 1.60. The van der Waals surface area contributed by atoms with E-state index in [0.717, 1.165) is 5.69 Å². The zero-order chi connectivity index (χ0) is 15.7. The normalized spacial score (nSPS) is 17.8. The largest absolute Gasteiger partial charge is 0.345 e. The molecule has 1 saturated heterocycles. The van der Waals surface area contributed by atoms with Crippen molar-refractivity contribution in [2.45, 2.75) is 6.42 Å². The molecule has 0 bridgehead atoms. The van der Waals surface area contributed by atoms with Crippen molar-refractivity contribution >= 4 is 29.1 Å². The van der Waals surface area contributed by atoms with Gasteiger partial charge in [-0.2, -0.15) is 5.10 Å². The number of carbonyl (C=O) groups excluding carboxylic acids is 2. The Kier molecular flexibility index (Phi) is 3.85. The fraction of sp³-hybridized carbons (Fsp3) is 0.267. The van der Waals surface area contributed by atoms with Crippen LogP contribution in [-0.2, 0) is 9.59 Å². The lowest BCUT2D eigenvalue weighted by atomic mass is 10.1. The van der Waals surface area contributed by atoms with Crippen LogP contribution in [0.25, 0.3) is 5.69 Å². The summed E-state index contributed by atoms with van der Waals surface area (Å²) in [4.78, 5) is 25.2. The van der Waals surface area contributed by atoms with Gasteiger partial charge in [-0.1, -0.05) is 23.7 Å². The number of nitrogens with zero attached hydrogens (tertiary/aromatic N) is 3. The molecule has 0 radical (unpaired) electrons. The number of likely N-dealkylation sites (tertiary alicyclic amines) is 1. The molecular formula is C15H15ClN4O2. The van der Waals surface area contributed by atoms with Gasteiger partial charge in [0.2, 0.25) is 11.8 Å². The van der Waals surface area contributed by atoms with Crippen molar-refractivity contribution in [3.05, 3.63) is 41.7 Å². The van der Waals surface area contributed by atoms with Gasteiger partial charge in [-0.25, -0.2) is 4.68 Å². The van der Waals surface area contributed by atoms with Crippen molar-refractivity contribution in [2.24, 2.45) is 5.92 Å². The van der Waals surface area contributed by atoms with Crippen molar-refractivity contribution in [1.29, 1.82) is 0 Å². The summed E-state index contributed by atoms with van der Waals surface area (Å²) in [5.41, 5.74) is 1.31. The molecule has 2 amide bonds. The van der Waals surface area contributed by atoms with Crippen LogP contribution in [0.1, 0.15) is 6.42 Å². The molecule has 1 aromatic heterocycles. The average Bonchev–Trinajstić information content (AvgIpc) is 3.07. The van der Waals surface area contributed by atoms with Crippen molar-refractivity contribution in [3.8, 4) is 5.69 Å². The number of rotatable bonds is 3. The lowest BCUT2D eigenvalue weighted by molar-refractivity contribution is -0.127. The van der Waals surface area contributed by atoms with E-state index >= 15 is 0 Å². The molecule has 6 nitrogen and oxygen atoms in total. The maximum Gasteiger partial charge on any atom is 0.229 e. The number of carbonyl (C=O) groups is 2. The fourth-order valence-corrected chi connectivity index (χ4v) is 2.66. The summed E-state index contributed by atoms with van der Waals surface area (Å²) in [6.45, 7) is 0.448. The highest BCUT2D eigenvalue weighted by Gasteiger charge is 2.32. The minimum Gasteiger partial charge on any atom is -0.345 e. The first kappa shape index (κ1) is 14.6. The molecule has 22 heavy (non-hydrogen) atoms. The van der Waals surface area contributed by atoms with E-state index in [-0.39, 0.29) is 24.2 Å². The Balaban J connectivity index is 1.71. The highest BCUT2D eigenvalue weighted by Crippen LogP contribution is 2.22. The van der Waals surface area contributed by atoms with E-state index < -0.39 is 0 Å². The van der Waals surface area contributed by atoms with Crippen LogP contribution in [0, 0.1) is 5.92 Å². The van der Waals surface area contributed by atoms with Gasteiger partial charge < -0.3 is 10.2 Å². The summed E-state index contributed by atoms with van der Waals surface area (Å²) in [6, 6.07) is 7.31. The SMILES string of the molecule is CN1C[C@H](C(=O)Nc2cnn(-c3ccccc3Cl)c2)CC1=O. The predicted octanol–water partition coefficient (Wildman–Crippen LogP) is 1.94. The maximum atomic E-state index is 12.2. The Labute approximate surface area is 132 Å². The fourth-order valence-electron chi connectivity index (χ4n) is 2.44. The molecule has 1 aliphatic rings. The van der Waals surface area contributed by atoms with E-state index in [4.69, 9.17) is 11.6 Å². The number of benzene rings is 1. The number of anilines is 1. The van der Waals surface area contributed by atoms with Crippen LogP contribution in [0.5, 0.6) is 0 Å². The summed E-state index contributed by atoms with van der Waals surface area (Å²) in [7, 11) is 1.70. The van der Waals surface area contributed by atoms with Crippen LogP contribution >= 0.6 is 11.6 Å². The van der Waals surface area contributed by atoms with Gasteiger partial charge in [0.1, 0.15) is 0 Å². The van der Waals surface area contributed by atoms with E-state index in [0.29, 0.717) is 17.3 Å². The van der Waals surface area contributed by atoms with E-state index in [2.05, 4.69) is 10.4 Å². The predicted molar refractivity (Wildman–Crippen MR) is 82.9 cm³/mol. The first-order valence-corrected chi connectivity index (χ1v) is 7.27. The van der Waals surface area contributed by atoms with E-state index in [1.165, 1.54) is 0 Å². The first-order valence-electron chi connectivity index (χ1n) is 6.89. The Morgan fingerprint density at radius 2 is 2.18 bits per heavy atom. The van der Waals surface area contributed by atoms with Gasteiger partial charge in [0.25, 0.3) is 0 Å². The van der Waals surface area contributed by atoms with Gasteiger partial charge in [-0.3, -0.25) is 9.59 Å². The standard InChI is InChI=1S/C15H15ClN4O2/c1-19-8-10(6-14(19)21)15(22)18-11-7-17-20(9-11)13-5-3-2-4-12(13)16/h2-5,7,9-10H,6,8H2,1H3,(H,18,22)/t10-/m1/s1. The third-order valence-corrected chi connectivity index (χ3v) is 3.98. The summed E-state index contributed by atoms with van der Waals surface area (Å²) in [5, 5.41) is 7.56. The van der Waals surface area contributed by atoms with Crippen LogP contribution in [0.4, 0.5) is 5.69 Å². The van der Waals surface area contributed by atoms with Gasteiger partial charge in [0.15, 0.2) is 0 Å². The number of halogens is 1. The van der Waals surface area contributed by atoms with Crippen molar-refractivity contribution in [1.82, 2.24) is 14.7 Å². The molecule has 0 saturated carbocycles. The molecule has 1 aromatic carbocycles. The minimum absolute atomic E-state index is 0.00749. The number of amides is 2. The monoisotopic (exact) mass is 318 g/mol. The topological polar surface area (TPSA) is 67.2 Å². The summed E-state index contributed by atoms with van der Waals surface area (Å²) in [5.74, 6) is -0.496. The zero-order valence-electron chi connectivity index (χ0n) is 12.0. The molecule has 2 aromatic rings. The van der Waals surface area contributed by atoms with Gasteiger partial charge >= 0.3 is 0 Å². The lowest BCUT2D eigenvalue weighted by Gasteiger charge is -2.09. The Morgan fingerprint density at radius 3 is 2.86 bits per heavy atom. The molecule has 0 unspecified atom stereocenters. The Hall–Kier alpha value is -2.34. The summed E-state index contributed by atoms with van der Waals surface area (Å²) >= 11 is 6.12. The van der Waals surface area contributed by atoms with Crippen molar-refractivity contribution in [2.75, 3.05) is 18.9 Å². The van der Waals surface area contributed by atoms with Gasteiger partial charge in [0.05, 0.1) is 34.7 Å². The molecule has 1 atom stereocenters. The molecule has 1 fully saturated rings. The quantitative estimate of drug-likeness (QED) is 0.940. The molecular weight excluding hydrogens is 304 g/mol. The molecule has 0 spiro atoms. The molecule has 7 heteroatoms. The third-order valence-electron chi connectivity index (χ3n) is 3.66. The number of nitrogens with one attached hydrogen (secondary N) is 1. The molecule has 1 N–H and O–H groups in total. The number of aromatic nitrogens is 2. The summed E-state index contributed by atoms with van der Waals surface area (Å²) in [6.07, 6.45) is 3.50. The van der Waals surface area contributed by atoms with Crippen LogP contribution in [0.15, 0.2) is 36.7 Å². The van der Waals surface area contributed by atoms with Crippen LogP contribution in [-0.4, -0.2) is 40.1 Å². The van der Waals surface area contributed by atoms with Crippen molar-refractivity contribution < 1.29 is 9.59 Å². The highest BCUT2D eigenvalue weighted by atomic mass is 35.5. The number of para-hydroxylation sites is 1. The highest BCUT2D eigenvalue weighted by molar-refractivity contribution is 6.32. The molecule has 2 heterocycles. The maximum absolute atomic E-state index is 12.2. The minimum atomic E-state index is -0.318. The van der Waals surface area contributed by atoms with E-state index in [9.17, 15) is 9.59 Å². The molecule has 0 aliphatic carbocycles. The third kappa shape index (κ3) is 2.82. The Morgan fingerprint density at radius 1 is 1.41 bits per heavy atom. The van der Waals surface area contributed by atoms with Crippen molar-refractivity contribution in [3.63, 3.8) is 0 Å². The van der Waals surface area contributed by atoms with Gasteiger partial charge in [-0.05, 0) is 12.1 Å².